The van der Waals surface area contributed by atoms with E-state index >= 15 is 0 Å². The minimum Gasteiger partial charge on any atom is -0.310 e. The molecule has 0 radical (unpaired) electrons. The summed E-state index contributed by atoms with van der Waals surface area (Å²) in [5.74, 6) is 0. The van der Waals surface area contributed by atoms with Gasteiger partial charge in [0.15, 0.2) is 0 Å². The average Bonchev–Trinajstić information content (AvgIpc) is 0.918. The largest absolute Gasteiger partial charge is 0.310 e. The molecule has 498 valence electrons. The molecule has 3 heterocycles. The van der Waals surface area contributed by atoms with Gasteiger partial charge in [0, 0.05) is 61.5 Å². The lowest BCUT2D eigenvalue weighted by Crippen LogP contribution is -2.61. The van der Waals surface area contributed by atoms with Crippen LogP contribution in [0.2, 0.25) is 0 Å². The van der Waals surface area contributed by atoms with Crippen molar-refractivity contribution in [1.29, 1.82) is 0 Å². The fraction of sp³-hybridized carbons (Fsp3) is 0.120. The van der Waals surface area contributed by atoms with Gasteiger partial charge >= 0.3 is 0 Å². The van der Waals surface area contributed by atoms with Crippen LogP contribution in [-0.2, 0) is 16.2 Å². The number of aromatic nitrogens is 1. The Morgan fingerprint density at radius 3 is 1.17 bits per heavy atom. The Morgan fingerprint density at radius 2 is 0.692 bits per heavy atom. The minimum absolute atomic E-state index is 0.0140. The smallest absolute Gasteiger partial charge is 0.252 e. The molecule has 2 aliphatic rings. The third-order valence-electron chi connectivity index (χ3n) is 21.7. The van der Waals surface area contributed by atoms with Crippen molar-refractivity contribution in [1.82, 2.24) is 4.57 Å². The summed E-state index contributed by atoms with van der Waals surface area (Å²) < 4.78 is 101. The normalized spacial score (nSPS) is 14.3. The van der Waals surface area contributed by atoms with E-state index in [2.05, 4.69) is 309 Å². The van der Waals surface area contributed by atoms with Crippen LogP contribution in [0.15, 0.2) is 321 Å². The van der Waals surface area contributed by atoms with Crippen LogP contribution >= 0.6 is 0 Å². The van der Waals surface area contributed by atoms with E-state index in [1.54, 1.807) is 4.57 Å². The molecule has 0 saturated carbocycles. The molecule has 0 aliphatic carbocycles. The van der Waals surface area contributed by atoms with Gasteiger partial charge in [-0.05, 0) is 205 Å². The number of fused-ring (bicyclic) bond motifs is 13. The first kappa shape index (κ1) is 52.9. The van der Waals surface area contributed by atoms with E-state index in [4.69, 9.17) is 2.74 Å². The summed E-state index contributed by atoms with van der Waals surface area (Å²) in [6.07, 6.45) is 0. The lowest BCUT2D eigenvalue weighted by molar-refractivity contribution is 0.590. The maximum absolute atomic E-state index is 11.8. The number of para-hydroxylation sites is 2. The quantitative estimate of drug-likeness (QED) is 0.111. The Bertz CT molecular complexity index is 6920. The molecule has 0 unspecified atom stereocenters. The molecule has 0 N–H and O–H groups in total. The van der Waals surface area contributed by atoms with E-state index in [0.29, 0.717) is 28.3 Å². The van der Waals surface area contributed by atoms with Gasteiger partial charge in [0.05, 0.1) is 36.1 Å². The minimum atomic E-state index is -0.886. The summed E-state index contributed by atoms with van der Waals surface area (Å²) in [5, 5.41) is 8.69. The van der Waals surface area contributed by atoms with Crippen LogP contribution in [0.1, 0.15) is 92.7 Å². The molecule has 1 aromatic heterocycles. The van der Waals surface area contributed by atoms with Crippen molar-refractivity contribution >= 4 is 122 Å². The summed E-state index contributed by atoms with van der Waals surface area (Å²) in [5.41, 5.74) is 17.1. The van der Waals surface area contributed by atoms with Crippen LogP contribution in [0, 0.1) is 0 Å². The van der Waals surface area contributed by atoms with Gasteiger partial charge in [0.25, 0.3) is 6.71 Å². The molecule has 0 bridgehead atoms. The standard InChI is InChI=1S/C100H80BN3/c1-98(2,3)73-56-83(64-29-15-11-16-30-64)96(85(58-73)71-47-45-68-43-41-66-33-19-21-35-77(66)81(68)53-71)103-91-52-49-70(63-27-13-10-14-28-63)55-88(91)101-87-51-50-76(102-89-39-25-23-37-79(89)80-38-24-26-40-90(80)102)62-92(87)104(94-61-75(100(7,8)9)60-93(103)95(94)101)97-84(65-31-17-12-18-32-65)57-74(99(4,5)6)59-86(97)72-48-46-69-44-42-67-34-20-22-36-78(67)82(69)54-72/h10-62H,1-9H3/i23D,24D,25D,26D,37D,38D,39D,40D,60D,61D. The van der Waals surface area contributed by atoms with Gasteiger partial charge in [0.1, 0.15) is 0 Å². The average molecular weight is 1340 g/mol. The van der Waals surface area contributed by atoms with Crippen molar-refractivity contribution in [3.63, 3.8) is 0 Å². The van der Waals surface area contributed by atoms with E-state index in [-0.39, 0.29) is 39.3 Å². The third-order valence-corrected chi connectivity index (χ3v) is 21.7. The number of rotatable bonds is 8. The van der Waals surface area contributed by atoms with Gasteiger partial charge in [-0.2, -0.15) is 0 Å². The molecule has 0 spiro atoms. The van der Waals surface area contributed by atoms with E-state index in [1.165, 1.54) is 0 Å². The molecule has 17 aromatic rings. The second kappa shape index (κ2) is 23.8. The summed E-state index contributed by atoms with van der Waals surface area (Å²) in [6, 6.07) is 89.4. The van der Waals surface area contributed by atoms with Crippen LogP contribution in [0.3, 0.4) is 0 Å². The van der Waals surface area contributed by atoms with Gasteiger partial charge in [-0.15, -0.1) is 0 Å². The molecule has 0 atom stereocenters. The van der Waals surface area contributed by atoms with Crippen LogP contribution in [0.5, 0.6) is 0 Å². The third kappa shape index (κ3) is 10.2. The predicted octanol–water partition coefficient (Wildman–Crippen LogP) is 25.7. The predicted molar refractivity (Wildman–Crippen MR) is 448 cm³/mol. The Morgan fingerprint density at radius 1 is 0.288 bits per heavy atom. The molecular weight excluding hydrogens is 1250 g/mol. The first-order valence-electron chi connectivity index (χ1n) is 41.1. The summed E-state index contributed by atoms with van der Waals surface area (Å²) in [4.78, 5) is 4.67. The topological polar surface area (TPSA) is 11.4 Å². The Balaban J connectivity index is 1.04. The monoisotopic (exact) mass is 1340 g/mol. The SMILES string of the molecule is [2H]c1c2c3c(c([2H])c1C(C)(C)C)N(c1c(-c4ccccc4)cc(C(C)(C)C)cc1-c1ccc4ccc5ccccc5c4c1)c1cc(-n4c5c([2H])c([2H])c([2H])c([2H])c5c5c([2H])c([2H])c([2H])c([2H])c54)ccc1B3c1cc(-c3ccccc3)ccc1N2c1c(-c2ccccc2)cc(C(C)(C)C)cc1-c1ccc2ccc3ccccc3c2c1. The molecule has 104 heavy (non-hydrogen) atoms. The Hall–Kier alpha value is -12.0. The molecule has 0 saturated heterocycles. The van der Waals surface area contributed by atoms with E-state index < -0.39 is 65.9 Å². The number of hydrogen-bond donors (Lipinski definition) is 0. The molecule has 4 heteroatoms. The molecule has 0 fully saturated rings. The Kier molecular flexibility index (Phi) is 12.1. The summed E-state index contributed by atoms with van der Waals surface area (Å²) >= 11 is 0. The fourth-order valence-corrected chi connectivity index (χ4v) is 16.4. The Labute approximate surface area is 624 Å². The summed E-state index contributed by atoms with van der Waals surface area (Å²) in [7, 11) is 0. The zero-order valence-electron chi connectivity index (χ0n) is 69.7. The van der Waals surface area contributed by atoms with Gasteiger partial charge < -0.3 is 14.4 Å². The zero-order valence-corrected chi connectivity index (χ0v) is 59.7. The molecule has 0 amide bonds. The van der Waals surface area contributed by atoms with Gasteiger partial charge in [-0.3, -0.25) is 0 Å². The van der Waals surface area contributed by atoms with Crippen LogP contribution in [0.25, 0.3) is 126 Å². The second-order valence-electron chi connectivity index (χ2n) is 31.3. The summed E-state index contributed by atoms with van der Waals surface area (Å²) in [6.45, 7) is 19.1. The fourth-order valence-electron chi connectivity index (χ4n) is 16.4. The van der Waals surface area contributed by atoms with E-state index in [1.807, 2.05) is 24.3 Å². The highest BCUT2D eigenvalue weighted by molar-refractivity contribution is 7.00. The first-order chi connectivity index (χ1) is 54.7. The van der Waals surface area contributed by atoms with Crippen molar-refractivity contribution in [2.24, 2.45) is 0 Å². The highest BCUT2D eigenvalue weighted by Crippen LogP contribution is 2.56. The number of anilines is 6. The van der Waals surface area contributed by atoms with Gasteiger partial charge in [0.2, 0.25) is 0 Å². The van der Waals surface area contributed by atoms with Gasteiger partial charge in [-0.25, -0.2) is 0 Å². The maximum Gasteiger partial charge on any atom is 0.252 e. The van der Waals surface area contributed by atoms with Crippen molar-refractivity contribution in [2.75, 3.05) is 9.80 Å². The molecule has 2 aliphatic heterocycles. The molecule has 19 rings (SSSR count). The number of nitrogens with zero attached hydrogens (tertiary/aromatic N) is 3. The number of benzene rings is 16. The molecule has 16 aromatic carbocycles. The first-order valence-corrected chi connectivity index (χ1v) is 36.1. The van der Waals surface area contributed by atoms with E-state index in [9.17, 15) is 11.0 Å². The van der Waals surface area contributed by atoms with Crippen molar-refractivity contribution in [3.8, 4) is 61.3 Å². The van der Waals surface area contributed by atoms with Crippen molar-refractivity contribution < 1.29 is 13.7 Å². The lowest BCUT2D eigenvalue weighted by Gasteiger charge is -2.47. The van der Waals surface area contributed by atoms with E-state index in [0.717, 1.165) is 143 Å². The van der Waals surface area contributed by atoms with Crippen LogP contribution < -0.4 is 26.2 Å². The maximum atomic E-state index is 11.8. The zero-order chi connectivity index (χ0) is 79.2. The van der Waals surface area contributed by atoms with Crippen molar-refractivity contribution in [3.05, 3.63) is 338 Å². The molecular formula is C100H80BN3. The number of hydrogen-bond acceptors (Lipinski definition) is 2. The molecule has 3 nitrogen and oxygen atoms in total. The lowest BCUT2D eigenvalue weighted by atomic mass is 9.33. The van der Waals surface area contributed by atoms with Crippen molar-refractivity contribution in [2.45, 2.75) is 78.6 Å². The van der Waals surface area contributed by atoms with Crippen LogP contribution in [0.4, 0.5) is 34.1 Å². The van der Waals surface area contributed by atoms with Gasteiger partial charge in [-0.1, -0.05) is 305 Å². The van der Waals surface area contributed by atoms with Crippen LogP contribution in [-0.4, -0.2) is 11.3 Å². The highest BCUT2D eigenvalue weighted by Gasteiger charge is 2.47. The second-order valence-corrected chi connectivity index (χ2v) is 31.3. The highest BCUT2D eigenvalue weighted by atomic mass is 15.2.